The van der Waals surface area contributed by atoms with E-state index in [2.05, 4.69) is 59.5 Å². The summed E-state index contributed by atoms with van der Waals surface area (Å²) < 4.78 is 2.17. The average Bonchev–Trinajstić information content (AvgIpc) is 3.03. The number of hydrogen-bond donors (Lipinski definition) is 1. The first-order chi connectivity index (χ1) is 8.86. The molecular formula is C16H20N2. The molecule has 1 aliphatic rings. The van der Waals surface area contributed by atoms with Crippen LogP contribution in [-0.4, -0.2) is 17.2 Å². The molecule has 3 rings (SSSR count). The Hall–Kier alpha value is -1.54. The molecule has 18 heavy (non-hydrogen) atoms. The fraction of sp³-hybridized carbons (Fsp3) is 0.375. The summed E-state index contributed by atoms with van der Waals surface area (Å²) in [7, 11) is 0. The van der Waals surface area contributed by atoms with Crippen molar-refractivity contribution in [2.45, 2.75) is 32.2 Å². The molecule has 2 aromatic rings. The van der Waals surface area contributed by atoms with E-state index in [9.17, 15) is 0 Å². The van der Waals surface area contributed by atoms with Crippen LogP contribution in [0.25, 0.3) is 5.69 Å². The third-order valence-electron chi connectivity index (χ3n) is 3.71. The standard InChI is InChI=1S/C16H20N2/c1-2-7-17-15-10-13-5-6-16(12-14(13)11-15)18-8-3-4-9-18/h3-6,8-9,12,15,17H,2,7,10-11H2,1H3. The molecule has 1 atom stereocenters. The molecule has 0 bridgehead atoms. The van der Waals surface area contributed by atoms with Crippen LogP contribution in [0.4, 0.5) is 0 Å². The molecule has 2 nitrogen and oxygen atoms in total. The molecule has 1 aromatic carbocycles. The number of nitrogens with one attached hydrogen (secondary N) is 1. The molecule has 94 valence electrons. The summed E-state index contributed by atoms with van der Waals surface area (Å²) in [5, 5.41) is 3.63. The van der Waals surface area contributed by atoms with Crippen molar-refractivity contribution in [2.24, 2.45) is 0 Å². The molecule has 1 heterocycles. The van der Waals surface area contributed by atoms with E-state index in [4.69, 9.17) is 0 Å². The maximum Gasteiger partial charge on any atom is 0.0452 e. The van der Waals surface area contributed by atoms with Crippen LogP contribution in [0.1, 0.15) is 24.5 Å². The zero-order valence-electron chi connectivity index (χ0n) is 10.9. The highest BCUT2D eigenvalue weighted by Gasteiger charge is 2.20. The van der Waals surface area contributed by atoms with Crippen LogP contribution >= 0.6 is 0 Å². The van der Waals surface area contributed by atoms with Gasteiger partial charge in [0.25, 0.3) is 0 Å². The van der Waals surface area contributed by atoms with Crippen LogP contribution in [-0.2, 0) is 12.8 Å². The highest BCUT2D eigenvalue weighted by molar-refractivity contribution is 5.44. The van der Waals surface area contributed by atoms with Gasteiger partial charge in [0, 0.05) is 24.1 Å². The monoisotopic (exact) mass is 240 g/mol. The molecule has 1 unspecified atom stereocenters. The minimum atomic E-state index is 0.639. The van der Waals surface area contributed by atoms with Gasteiger partial charge in [-0.1, -0.05) is 13.0 Å². The fourth-order valence-electron chi connectivity index (χ4n) is 2.76. The van der Waals surface area contributed by atoms with Crippen molar-refractivity contribution < 1.29 is 0 Å². The third-order valence-corrected chi connectivity index (χ3v) is 3.71. The van der Waals surface area contributed by atoms with Crippen LogP contribution in [0.3, 0.4) is 0 Å². The van der Waals surface area contributed by atoms with Gasteiger partial charge >= 0.3 is 0 Å². The highest BCUT2D eigenvalue weighted by Crippen LogP contribution is 2.25. The molecule has 2 heteroatoms. The van der Waals surface area contributed by atoms with Crippen LogP contribution in [0, 0.1) is 0 Å². The van der Waals surface area contributed by atoms with E-state index >= 15 is 0 Å². The number of aromatic nitrogens is 1. The minimum Gasteiger partial charge on any atom is -0.324 e. The van der Waals surface area contributed by atoms with Crippen molar-refractivity contribution in [1.82, 2.24) is 9.88 Å². The van der Waals surface area contributed by atoms with Gasteiger partial charge in [0.15, 0.2) is 0 Å². The zero-order chi connectivity index (χ0) is 12.4. The number of hydrogen-bond acceptors (Lipinski definition) is 1. The van der Waals surface area contributed by atoms with E-state index in [0.717, 1.165) is 6.54 Å². The van der Waals surface area contributed by atoms with Crippen molar-refractivity contribution in [3.8, 4) is 5.69 Å². The van der Waals surface area contributed by atoms with Gasteiger partial charge in [0.2, 0.25) is 0 Å². The van der Waals surface area contributed by atoms with Crippen molar-refractivity contribution in [3.63, 3.8) is 0 Å². The molecule has 0 fully saturated rings. The SMILES string of the molecule is CCCNC1Cc2ccc(-n3cccc3)cc2C1. The Kier molecular flexibility index (Phi) is 3.20. The van der Waals surface area contributed by atoms with E-state index in [-0.39, 0.29) is 0 Å². The van der Waals surface area contributed by atoms with Gasteiger partial charge in [-0.2, -0.15) is 0 Å². The van der Waals surface area contributed by atoms with E-state index in [1.807, 2.05) is 0 Å². The summed E-state index contributed by atoms with van der Waals surface area (Å²) in [6.07, 6.45) is 7.76. The number of nitrogens with zero attached hydrogens (tertiary/aromatic N) is 1. The Balaban J connectivity index is 1.78. The van der Waals surface area contributed by atoms with Crippen molar-refractivity contribution in [2.75, 3.05) is 6.54 Å². The largest absolute Gasteiger partial charge is 0.324 e. The van der Waals surface area contributed by atoms with Crippen LogP contribution < -0.4 is 5.32 Å². The second-order valence-electron chi connectivity index (χ2n) is 5.10. The van der Waals surface area contributed by atoms with Gasteiger partial charge in [-0.3, -0.25) is 0 Å². The summed E-state index contributed by atoms with van der Waals surface area (Å²) in [5.74, 6) is 0. The number of fused-ring (bicyclic) bond motifs is 1. The summed E-state index contributed by atoms with van der Waals surface area (Å²) in [4.78, 5) is 0. The van der Waals surface area contributed by atoms with Gasteiger partial charge in [-0.15, -0.1) is 0 Å². The van der Waals surface area contributed by atoms with E-state index in [1.165, 1.54) is 36.1 Å². The smallest absolute Gasteiger partial charge is 0.0452 e. The number of rotatable bonds is 4. The fourth-order valence-corrected chi connectivity index (χ4v) is 2.76. The van der Waals surface area contributed by atoms with Gasteiger partial charge in [0.05, 0.1) is 0 Å². The zero-order valence-corrected chi connectivity index (χ0v) is 10.9. The molecule has 0 spiro atoms. The van der Waals surface area contributed by atoms with Crippen LogP contribution in [0.5, 0.6) is 0 Å². The lowest BCUT2D eigenvalue weighted by Crippen LogP contribution is -2.29. The second-order valence-corrected chi connectivity index (χ2v) is 5.10. The minimum absolute atomic E-state index is 0.639. The predicted molar refractivity (Wildman–Crippen MR) is 75.3 cm³/mol. The van der Waals surface area contributed by atoms with Crippen molar-refractivity contribution in [3.05, 3.63) is 53.9 Å². The van der Waals surface area contributed by atoms with Gasteiger partial charge in [0.1, 0.15) is 0 Å². The van der Waals surface area contributed by atoms with Crippen LogP contribution in [0.2, 0.25) is 0 Å². The molecule has 0 saturated carbocycles. The molecule has 1 N–H and O–H groups in total. The van der Waals surface area contributed by atoms with E-state index in [1.54, 1.807) is 0 Å². The number of benzene rings is 1. The lowest BCUT2D eigenvalue weighted by molar-refractivity contribution is 0.531. The van der Waals surface area contributed by atoms with Crippen molar-refractivity contribution >= 4 is 0 Å². The maximum atomic E-state index is 3.63. The van der Waals surface area contributed by atoms with Gasteiger partial charge in [-0.05, 0) is 61.2 Å². The molecule has 0 amide bonds. The third kappa shape index (κ3) is 2.21. The Bertz CT molecular complexity index is 514. The first-order valence-corrected chi connectivity index (χ1v) is 6.85. The van der Waals surface area contributed by atoms with Gasteiger partial charge in [-0.25, -0.2) is 0 Å². The Morgan fingerprint density at radius 1 is 1.17 bits per heavy atom. The normalized spacial score (nSPS) is 17.9. The molecule has 0 saturated heterocycles. The molecule has 0 aliphatic heterocycles. The molecular weight excluding hydrogens is 220 g/mol. The Morgan fingerprint density at radius 3 is 2.72 bits per heavy atom. The first kappa shape index (κ1) is 11.5. The van der Waals surface area contributed by atoms with E-state index in [0.29, 0.717) is 6.04 Å². The van der Waals surface area contributed by atoms with Crippen LogP contribution in [0.15, 0.2) is 42.7 Å². The first-order valence-electron chi connectivity index (χ1n) is 6.85. The molecule has 1 aromatic heterocycles. The lowest BCUT2D eigenvalue weighted by Gasteiger charge is -2.09. The van der Waals surface area contributed by atoms with Crippen molar-refractivity contribution in [1.29, 1.82) is 0 Å². The predicted octanol–water partition coefficient (Wildman–Crippen LogP) is 2.94. The Morgan fingerprint density at radius 2 is 1.94 bits per heavy atom. The van der Waals surface area contributed by atoms with E-state index < -0.39 is 0 Å². The molecule has 0 radical (unpaired) electrons. The summed E-state index contributed by atoms with van der Waals surface area (Å²) in [6, 6.07) is 11.6. The topological polar surface area (TPSA) is 17.0 Å². The molecule has 1 aliphatic carbocycles. The van der Waals surface area contributed by atoms with Gasteiger partial charge < -0.3 is 9.88 Å². The Labute approximate surface area is 109 Å². The quantitative estimate of drug-likeness (QED) is 0.869. The summed E-state index contributed by atoms with van der Waals surface area (Å²) in [6.45, 7) is 3.35. The summed E-state index contributed by atoms with van der Waals surface area (Å²) in [5.41, 5.74) is 4.30. The maximum absolute atomic E-state index is 3.63. The highest BCUT2D eigenvalue weighted by atomic mass is 14.9. The average molecular weight is 240 g/mol. The second kappa shape index (κ2) is 4.99. The lowest BCUT2D eigenvalue weighted by atomic mass is 10.1. The summed E-state index contributed by atoms with van der Waals surface area (Å²) >= 11 is 0.